The molecule has 7 heteroatoms. The molecule has 1 aliphatic carbocycles. The molecular formula is C26H27BrN2O3S. The van der Waals surface area contributed by atoms with Crippen LogP contribution < -0.4 is 9.62 Å². The van der Waals surface area contributed by atoms with Crippen molar-refractivity contribution in [3.05, 3.63) is 93.5 Å². The predicted octanol–water partition coefficient (Wildman–Crippen LogP) is 5.32. The van der Waals surface area contributed by atoms with E-state index in [2.05, 4.69) is 33.4 Å². The second-order valence-corrected chi connectivity index (χ2v) is 11.3. The molecule has 33 heavy (non-hydrogen) atoms. The molecular weight excluding hydrogens is 500 g/mol. The van der Waals surface area contributed by atoms with Crippen molar-refractivity contribution in [2.75, 3.05) is 10.8 Å². The monoisotopic (exact) mass is 526 g/mol. The zero-order valence-electron chi connectivity index (χ0n) is 18.7. The molecule has 1 aliphatic rings. The van der Waals surface area contributed by atoms with E-state index in [0.29, 0.717) is 5.69 Å². The van der Waals surface area contributed by atoms with E-state index < -0.39 is 10.0 Å². The topological polar surface area (TPSA) is 66.5 Å². The summed E-state index contributed by atoms with van der Waals surface area (Å²) in [5.74, 6) is -0.360. The van der Waals surface area contributed by atoms with Gasteiger partial charge in [-0.3, -0.25) is 9.10 Å². The summed E-state index contributed by atoms with van der Waals surface area (Å²) in [7, 11) is -3.93. The fourth-order valence-electron chi connectivity index (χ4n) is 4.12. The van der Waals surface area contributed by atoms with E-state index in [1.807, 2.05) is 19.9 Å². The Labute approximate surface area is 204 Å². The molecule has 0 bridgehead atoms. The van der Waals surface area contributed by atoms with Crippen LogP contribution in [0.3, 0.4) is 0 Å². The van der Waals surface area contributed by atoms with Gasteiger partial charge in [0.25, 0.3) is 10.0 Å². The Morgan fingerprint density at radius 3 is 2.36 bits per heavy atom. The van der Waals surface area contributed by atoms with Gasteiger partial charge in [-0.25, -0.2) is 8.42 Å². The first-order chi connectivity index (χ1) is 15.7. The number of fused-ring (bicyclic) bond motifs is 1. The van der Waals surface area contributed by atoms with Crippen LogP contribution in [0.4, 0.5) is 5.69 Å². The quantitative estimate of drug-likeness (QED) is 0.453. The van der Waals surface area contributed by atoms with E-state index in [0.717, 1.165) is 32.7 Å². The average molecular weight is 527 g/mol. The molecule has 0 saturated carbocycles. The lowest BCUT2D eigenvalue weighted by molar-refractivity contribution is -0.120. The van der Waals surface area contributed by atoms with Crippen LogP contribution >= 0.6 is 15.9 Å². The molecule has 3 aromatic carbocycles. The van der Waals surface area contributed by atoms with Crippen LogP contribution in [-0.4, -0.2) is 20.9 Å². The molecule has 172 valence electrons. The minimum Gasteiger partial charge on any atom is -0.348 e. The predicted molar refractivity (Wildman–Crippen MR) is 135 cm³/mol. The number of aryl methyl sites for hydroxylation is 3. The van der Waals surface area contributed by atoms with Crippen LogP contribution in [0, 0.1) is 6.92 Å². The summed E-state index contributed by atoms with van der Waals surface area (Å²) >= 11 is 3.38. The molecule has 1 amide bonds. The fourth-order valence-corrected chi connectivity index (χ4v) is 5.81. The van der Waals surface area contributed by atoms with Crippen molar-refractivity contribution in [3.63, 3.8) is 0 Å². The van der Waals surface area contributed by atoms with Gasteiger partial charge in [-0.15, -0.1) is 0 Å². The van der Waals surface area contributed by atoms with E-state index in [4.69, 9.17) is 0 Å². The number of carbonyl (C=O) groups excluding carboxylic acids is 1. The van der Waals surface area contributed by atoms with Crippen molar-refractivity contribution in [2.24, 2.45) is 0 Å². The van der Waals surface area contributed by atoms with Crippen LogP contribution in [0.2, 0.25) is 0 Å². The molecule has 0 unspecified atom stereocenters. The van der Waals surface area contributed by atoms with Crippen LogP contribution in [-0.2, 0) is 27.7 Å². The molecule has 4 rings (SSSR count). The van der Waals surface area contributed by atoms with Crippen molar-refractivity contribution in [1.82, 2.24) is 5.32 Å². The largest absolute Gasteiger partial charge is 0.348 e. The second kappa shape index (κ2) is 9.69. The molecule has 0 spiro atoms. The number of anilines is 1. The maximum Gasteiger partial charge on any atom is 0.264 e. The maximum atomic E-state index is 13.5. The summed E-state index contributed by atoms with van der Waals surface area (Å²) < 4.78 is 29.0. The average Bonchev–Trinajstić information content (AvgIpc) is 3.26. The molecule has 3 aromatic rings. The lowest BCUT2D eigenvalue weighted by Gasteiger charge is -2.25. The molecule has 0 aromatic heterocycles. The number of hydrogen-bond acceptors (Lipinski definition) is 3. The van der Waals surface area contributed by atoms with Gasteiger partial charge in [0, 0.05) is 4.47 Å². The zero-order chi connectivity index (χ0) is 23.6. The van der Waals surface area contributed by atoms with E-state index in [1.165, 1.54) is 17.5 Å². The molecule has 0 fully saturated rings. The Morgan fingerprint density at radius 1 is 1.00 bits per heavy atom. The number of hydrogen-bond donors (Lipinski definition) is 1. The summed E-state index contributed by atoms with van der Waals surface area (Å²) in [6, 6.07) is 19.7. The van der Waals surface area contributed by atoms with Crippen LogP contribution in [0.5, 0.6) is 0 Å². The number of benzene rings is 3. The summed E-state index contributed by atoms with van der Waals surface area (Å²) in [6.45, 7) is 3.51. The zero-order valence-corrected chi connectivity index (χ0v) is 21.1. The highest BCUT2D eigenvalue weighted by Crippen LogP contribution is 2.27. The van der Waals surface area contributed by atoms with Crippen molar-refractivity contribution >= 4 is 37.5 Å². The van der Waals surface area contributed by atoms with Crippen LogP contribution in [0.15, 0.2) is 76.1 Å². The van der Waals surface area contributed by atoms with Crippen molar-refractivity contribution < 1.29 is 13.2 Å². The van der Waals surface area contributed by atoms with Gasteiger partial charge in [0.1, 0.15) is 6.54 Å². The standard InChI is InChI=1S/C26H27BrN2O3S/c1-18-6-14-25(15-7-18)33(31,32)29(24-12-10-23(27)11-13-24)17-26(30)28-19(2)21-9-8-20-4-3-5-22(20)16-21/h6-16,19H,3-5,17H2,1-2H3,(H,28,30)/t19-/m1/s1. The Balaban J connectivity index is 1.57. The summed E-state index contributed by atoms with van der Waals surface area (Å²) in [5.41, 5.74) is 5.14. The first-order valence-corrected chi connectivity index (χ1v) is 13.2. The third-order valence-corrected chi connectivity index (χ3v) is 8.33. The van der Waals surface area contributed by atoms with Crippen LogP contribution in [0.1, 0.15) is 41.6 Å². The van der Waals surface area contributed by atoms with Gasteiger partial charge in [0.2, 0.25) is 5.91 Å². The van der Waals surface area contributed by atoms with Gasteiger partial charge in [-0.1, -0.05) is 51.8 Å². The second-order valence-electron chi connectivity index (χ2n) is 8.47. The van der Waals surface area contributed by atoms with Crippen molar-refractivity contribution in [2.45, 2.75) is 44.0 Å². The Morgan fingerprint density at radius 2 is 1.67 bits per heavy atom. The molecule has 5 nitrogen and oxygen atoms in total. The number of nitrogens with one attached hydrogen (secondary N) is 1. The third kappa shape index (κ3) is 5.31. The van der Waals surface area contributed by atoms with E-state index in [-0.39, 0.29) is 23.4 Å². The minimum absolute atomic E-state index is 0.149. The van der Waals surface area contributed by atoms with Gasteiger partial charge in [-0.2, -0.15) is 0 Å². The van der Waals surface area contributed by atoms with E-state index in [1.54, 1.807) is 48.5 Å². The highest BCUT2D eigenvalue weighted by molar-refractivity contribution is 9.10. The summed E-state index contributed by atoms with van der Waals surface area (Å²) in [4.78, 5) is 13.2. The molecule has 1 N–H and O–H groups in total. The number of nitrogens with zero attached hydrogens (tertiary/aromatic N) is 1. The van der Waals surface area contributed by atoms with E-state index in [9.17, 15) is 13.2 Å². The van der Waals surface area contributed by atoms with E-state index >= 15 is 0 Å². The summed E-state index contributed by atoms with van der Waals surface area (Å²) in [5, 5.41) is 2.98. The Kier molecular flexibility index (Phi) is 6.91. The third-order valence-electron chi connectivity index (χ3n) is 6.01. The van der Waals surface area contributed by atoms with Gasteiger partial charge in [0.05, 0.1) is 16.6 Å². The lowest BCUT2D eigenvalue weighted by Crippen LogP contribution is -2.41. The number of carbonyl (C=O) groups is 1. The Bertz CT molecular complexity index is 1260. The SMILES string of the molecule is Cc1ccc(S(=O)(=O)N(CC(=O)N[C@H](C)c2ccc3c(c2)CCC3)c2ccc(Br)cc2)cc1. The molecule has 1 atom stereocenters. The van der Waals surface area contributed by atoms with Gasteiger partial charge in [-0.05, 0) is 86.2 Å². The van der Waals surface area contributed by atoms with Crippen LogP contribution in [0.25, 0.3) is 0 Å². The molecule has 0 aliphatic heterocycles. The smallest absolute Gasteiger partial charge is 0.264 e. The molecule has 0 radical (unpaired) electrons. The normalized spacial score (nSPS) is 13.9. The first kappa shape index (κ1) is 23.5. The Hall–Kier alpha value is -2.64. The minimum atomic E-state index is -3.93. The lowest BCUT2D eigenvalue weighted by atomic mass is 10.0. The maximum absolute atomic E-state index is 13.5. The highest BCUT2D eigenvalue weighted by Gasteiger charge is 2.28. The first-order valence-electron chi connectivity index (χ1n) is 11.0. The molecule has 0 heterocycles. The van der Waals surface area contributed by atoms with Crippen molar-refractivity contribution in [3.8, 4) is 0 Å². The highest BCUT2D eigenvalue weighted by atomic mass is 79.9. The molecule has 0 saturated heterocycles. The number of halogens is 1. The van der Waals surface area contributed by atoms with Gasteiger partial charge in [0.15, 0.2) is 0 Å². The number of sulfonamides is 1. The number of amides is 1. The van der Waals surface area contributed by atoms with Gasteiger partial charge >= 0.3 is 0 Å². The van der Waals surface area contributed by atoms with Gasteiger partial charge < -0.3 is 5.32 Å². The fraction of sp³-hybridized carbons (Fsp3) is 0.269. The summed E-state index contributed by atoms with van der Waals surface area (Å²) in [6.07, 6.45) is 3.34. The van der Waals surface area contributed by atoms with Crippen molar-refractivity contribution in [1.29, 1.82) is 0 Å². The number of rotatable bonds is 7.